The molecule has 1 aromatic heterocycles. The van der Waals surface area contributed by atoms with E-state index in [0.717, 1.165) is 13.1 Å². The van der Waals surface area contributed by atoms with Crippen molar-refractivity contribution in [3.63, 3.8) is 0 Å². The van der Waals surface area contributed by atoms with Crippen molar-refractivity contribution >= 4 is 28.8 Å². The molecule has 0 bridgehead atoms. The molecule has 1 aliphatic rings. The fourth-order valence-electron chi connectivity index (χ4n) is 2.91. The molecule has 6 heteroatoms. The zero-order valence-electron chi connectivity index (χ0n) is 13.4. The first-order chi connectivity index (χ1) is 11.7. The second-order valence-corrected chi connectivity index (χ2v) is 7.18. The van der Waals surface area contributed by atoms with Crippen molar-refractivity contribution < 1.29 is 9.53 Å². The highest BCUT2D eigenvalue weighted by atomic mass is 35.5. The number of amides is 1. The SMILES string of the molecule is O=C(COc1ccccc1Cl)NC[C@@H](c1cccs1)N1CCCC1. The van der Waals surface area contributed by atoms with Gasteiger partial charge < -0.3 is 10.1 Å². The van der Waals surface area contributed by atoms with Crippen LogP contribution in [0.1, 0.15) is 23.8 Å². The first-order valence-corrected chi connectivity index (χ1v) is 9.41. The Bertz CT molecular complexity index is 657. The Hall–Kier alpha value is -1.56. The highest BCUT2D eigenvalue weighted by Gasteiger charge is 2.24. The third kappa shape index (κ3) is 4.50. The minimum Gasteiger partial charge on any atom is -0.482 e. The van der Waals surface area contributed by atoms with Crippen molar-refractivity contribution in [2.24, 2.45) is 0 Å². The number of nitrogens with one attached hydrogen (secondary N) is 1. The van der Waals surface area contributed by atoms with Crippen molar-refractivity contribution in [1.82, 2.24) is 10.2 Å². The maximum atomic E-state index is 12.1. The summed E-state index contributed by atoms with van der Waals surface area (Å²) in [6, 6.07) is 11.6. The average Bonchev–Trinajstić information content (AvgIpc) is 3.28. The molecule has 3 rings (SSSR count). The Labute approximate surface area is 151 Å². The van der Waals surface area contributed by atoms with Gasteiger partial charge in [-0.2, -0.15) is 0 Å². The van der Waals surface area contributed by atoms with Gasteiger partial charge in [-0.25, -0.2) is 0 Å². The summed E-state index contributed by atoms with van der Waals surface area (Å²) in [4.78, 5) is 15.9. The van der Waals surface area contributed by atoms with E-state index in [1.807, 2.05) is 12.1 Å². The Morgan fingerprint density at radius 2 is 2.04 bits per heavy atom. The molecule has 0 unspecified atom stereocenters. The smallest absolute Gasteiger partial charge is 0.258 e. The summed E-state index contributed by atoms with van der Waals surface area (Å²) in [5, 5.41) is 5.59. The fraction of sp³-hybridized carbons (Fsp3) is 0.389. The molecule has 1 amide bonds. The molecule has 0 spiro atoms. The number of carbonyl (C=O) groups is 1. The van der Waals surface area contributed by atoms with Crippen molar-refractivity contribution in [3.05, 3.63) is 51.7 Å². The van der Waals surface area contributed by atoms with Crippen LogP contribution in [0.15, 0.2) is 41.8 Å². The Kier molecular flexibility index (Phi) is 6.12. The van der Waals surface area contributed by atoms with E-state index >= 15 is 0 Å². The van der Waals surface area contributed by atoms with Gasteiger partial charge in [-0.15, -0.1) is 11.3 Å². The predicted octanol–water partition coefficient (Wildman–Crippen LogP) is 3.73. The summed E-state index contributed by atoms with van der Waals surface area (Å²) in [7, 11) is 0. The van der Waals surface area contributed by atoms with Crippen molar-refractivity contribution in [1.29, 1.82) is 0 Å². The third-order valence-electron chi connectivity index (χ3n) is 4.14. The maximum absolute atomic E-state index is 12.1. The van der Waals surface area contributed by atoms with E-state index in [-0.39, 0.29) is 18.6 Å². The highest BCUT2D eigenvalue weighted by Crippen LogP contribution is 2.28. The molecule has 24 heavy (non-hydrogen) atoms. The zero-order valence-corrected chi connectivity index (χ0v) is 15.0. The van der Waals surface area contributed by atoms with E-state index in [0.29, 0.717) is 17.3 Å². The number of benzene rings is 1. The lowest BCUT2D eigenvalue weighted by atomic mass is 10.2. The van der Waals surface area contributed by atoms with Crippen LogP contribution in [0, 0.1) is 0 Å². The van der Waals surface area contributed by atoms with Crippen LogP contribution in [0.3, 0.4) is 0 Å². The number of hydrogen-bond donors (Lipinski definition) is 1. The van der Waals surface area contributed by atoms with Gasteiger partial charge in [-0.1, -0.05) is 29.8 Å². The number of hydrogen-bond acceptors (Lipinski definition) is 4. The molecule has 0 radical (unpaired) electrons. The Balaban J connectivity index is 1.52. The minimum atomic E-state index is -0.129. The number of nitrogens with zero attached hydrogens (tertiary/aromatic N) is 1. The van der Waals surface area contributed by atoms with Crippen LogP contribution < -0.4 is 10.1 Å². The molecule has 0 aliphatic carbocycles. The average molecular weight is 365 g/mol. The molecule has 1 atom stereocenters. The summed E-state index contributed by atoms with van der Waals surface area (Å²) in [5.74, 6) is 0.402. The van der Waals surface area contributed by atoms with Crippen LogP contribution in [0.4, 0.5) is 0 Å². The molecule has 1 saturated heterocycles. The van der Waals surface area contributed by atoms with Crippen LogP contribution in [-0.2, 0) is 4.79 Å². The standard InChI is InChI=1S/C18H21ClN2O2S/c19-14-6-1-2-7-16(14)23-13-18(22)20-12-15(17-8-5-11-24-17)21-9-3-4-10-21/h1-2,5-8,11,15H,3-4,9-10,12-13H2,(H,20,22)/t15-/m0/s1. The molecule has 1 aliphatic heterocycles. The summed E-state index contributed by atoms with van der Waals surface area (Å²) in [5.41, 5.74) is 0. The molecule has 1 aromatic carbocycles. The van der Waals surface area contributed by atoms with Crippen LogP contribution in [0.5, 0.6) is 5.75 Å². The number of halogens is 1. The van der Waals surface area contributed by atoms with Gasteiger partial charge >= 0.3 is 0 Å². The molecular formula is C18H21ClN2O2S. The van der Waals surface area contributed by atoms with Gasteiger partial charge in [0.1, 0.15) is 5.75 Å². The lowest BCUT2D eigenvalue weighted by molar-refractivity contribution is -0.123. The highest BCUT2D eigenvalue weighted by molar-refractivity contribution is 7.10. The lowest BCUT2D eigenvalue weighted by Gasteiger charge is -2.26. The van der Waals surface area contributed by atoms with Crippen molar-refractivity contribution in [2.75, 3.05) is 26.2 Å². The molecule has 1 fully saturated rings. The minimum absolute atomic E-state index is 0.0269. The number of carbonyl (C=O) groups excluding carboxylic acids is 1. The molecular weight excluding hydrogens is 344 g/mol. The van der Waals surface area contributed by atoms with E-state index in [4.69, 9.17) is 16.3 Å². The third-order valence-corrected chi connectivity index (χ3v) is 5.43. The van der Waals surface area contributed by atoms with Gasteiger partial charge in [-0.3, -0.25) is 9.69 Å². The van der Waals surface area contributed by atoms with Gasteiger partial charge in [0, 0.05) is 11.4 Å². The largest absolute Gasteiger partial charge is 0.482 e. The predicted molar refractivity (Wildman–Crippen MR) is 97.8 cm³/mol. The number of likely N-dealkylation sites (tertiary alicyclic amines) is 1. The second-order valence-electron chi connectivity index (χ2n) is 5.80. The number of ether oxygens (including phenoxy) is 1. The summed E-state index contributed by atoms with van der Waals surface area (Å²) < 4.78 is 5.49. The first-order valence-electron chi connectivity index (χ1n) is 8.15. The van der Waals surface area contributed by atoms with Crippen LogP contribution in [0.2, 0.25) is 5.02 Å². The zero-order chi connectivity index (χ0) is 16.8. The van der Waals surface area contributed by atoms with Crippen molar-refractivity contribution in [2.45, 2.75) is 18.9 Å². The number of thiophene rings is 1. The van der Waals surface area contributed by atoms with E-state index in [1.165, 1.54) is 17.7 Å². The Morgan fingerprint density at radius 3 is 2.75 bits per heavy atom. The van der Waals surface area contributed by atoms with Crippen LogP contribution >= 0.6 is 22.9 Å². The topological polar surface area (TPSA) is 41.6 Å². The lowest BCUT2D eigenvalue weighted by Crippen LogP contribution is -2.38. The van der Waals surface area contributed by atoms with Gasteiger partial charge in [0.25, 0.3) is 5.91 Å². The molecule has 4 nitrogen and oxygen atoms in total. The van der Waals surface area contributed by atoms with Crippen LogP contribution in [-0.4, -0.2) is 37.0 Å². The Morgan fingerprint density at radius 1 is 1.25 bits per heavy atom. The number of para-hydroxylation sites is 1. The first kappa shape index (κ1) is 17.3. The summed E-state index contributed by atoms with van der Waals surface area (Å²) in [6.45, 7) is 2.76. The van der Waals surface area contributed by atoms with Gasteiger partial charge in [0.05, 0.1) is 11.1 Å². The van der Waals surface area contributed by atoms with Gasteiger partial charge in [0.15, 0.2) is 6.61 Å². The fourth-order valence-corrected chi connectivity index (χ4v) is 3.96. The quantitative estimate of drug-likeness (QED) is 0.813. The van der Waals surface area contributed by atoms with Crippen molar-refractivity contribution in [3.8, 4) is 5.75 Å². The van der Waals surface area contributed by atoms with E-state index in [2.05, 4.69) is 27.7 Å². The second kappa shape index (κ2) is 8.51. The monoisotopic (exact) mass is 364 g/mol. The van der Waals surface area contributed by atoms with Gasteiger partial charge in [-0.05, 0) is 49.5 Å². The van der Waals surface area contributed by atoms with Gasteiger partial charge in [0.2, 0.25) is 0 Å². The molecule has 0 saturated carbocycles. The summed E-state index contributed by atoms with van der Waals surface area (Å²) >= 11 is 7.77. The maximum Gasteiger partial charge on any atom is 0.258 e. The molecule has 2 heterocycles. The van der Waals surface area contributed by atoms with E-state index in [1.54, 1.807) is 23.5 Å². The number of rotatable bonds is 7. The molecule has 2 aromatic rings. The van der Waals surface area contributed by atoms with E-state index < -0.39 is 0 Å². The normalized spacial score (nSPS) is 16.0. The molecule has 128 valence electrons. The molecule has 1 N–H and O–H groups in total. The van der Waals surface area contributed by atoms with Crippen LogP contribution in [0.25, 0.3) is 0 Å². The summed E-state index contributed by atoms with van der Waals surface area (Å²) in [6.07, 6.45) is 2.46. The van der Waals surface area contributed by atoms with E-state index in [9.17, 15) is 4.79 Å².